The summed E-state index contributed by atoms with van der Waals surface area (Å²) in [5.74, 6) is 0.795. The van der Waals surface area contributed by atoms with Crippen molar-refractivity contribution in [3.8, 4) is 17.2 Å². The van der Waals surface area contributed by atoms with Crippen molar-refractivity contribution < 1.29 is 18.7 Å². The number of hydrogen-bond donors (Lipinski definition) is 1. The Morgan fingerprint density at radius 1 is 1.00 bits per heavy atom. The molecule has 188 valence electrons. The van der Waals surface area contributed by atoms with E-state index in [4.69, 9.17) is 9.15 Å². The number of hydrogen-bond acceptors (Lipinski definition) is 6. The van der Waals surface area contributed by atoms with Crippen molar-refractivity contribution in [2.24, 2.45) is 5.92 Å². The topological polar surface area (TPSA) is 97.6 Å². The zero-order chi connectivity index (χ0) is 25.9. The molecule has 1 fully saturated rings. The Kier molecular flexibility index (Phi) is 6.72. The van der Waals surface area contributed by atoms with E-state index in [1.54, 1.807) is 29.2 Å². The van der Waals surface area contributed by atoms with Crippen molar-refractivity contribution >= 4 is 23.2 Å². The average molecular weight is 497 g/mol. The Morgan fingerprint density at radius 3 is 2.54 bits per heavy atom. The van der Waals surface area contributed by atoms with Gasteiger partial charge in [-0.1, -0.05) is 24.3 Å². The predicted molar refractivity (Wildman–Crippen MR) is 140 cm³/mol. The van der Waals surface area contributed by atoms with E-state index in [0.717, 1.165) is 22.4 Å². The standard InChI is InChI=1S/C29H28N4O4/c1-18-8-11-23(14-20(18)3)33-16-21(15-27(33)34)28(35)30-22-9-12-24(13-10-22)36-17-26-31-32-29(37-26)25-7-5-4-6-19(25)2/h4-14,21H,15-17H2,1-3H3,(H,30,35)/t21-/m0/s1. The zero-order valence-electron chi connectivity index (χ0n) is 21.0. The highest BCUT2D eigenvalue weighted by atomic mass is 16.5. The van der Waals surface area contributed by atoms with Crippen LogP contribution in [0.1, 0.15) is 29.0 Å². The van der Waals surface area contributed by atoms with Gasteiger partial charge in [0.1, 0.15) is 5.75 Å². The molecular formula is C29H28N4O4. The van der Waals surface area contributed by atoms with Crippen LogP contribution in [0.4, 0.5) is 11.4 Å². The van der Waals surface area contributed by atoms with Crippen LogP contribution in [-0.2, 0) is 16.2 Å². The smallest absolute Gasteiger partial charge is 0.254 e. The summed E-state index contributed by atoms with van der Waals surface area (Å²) in [7, 11) is 0. The van der Waals surface area contributed by atoms with Gasteiger partial charge in [0, 0.05) is 29.9 Å². The molecule has 2 amide bonds. The number of nitrogens with zero attached hydrogens (tertiary/aromatic N) is 3. The molecule has 5 rings (SSSR count). The summed E-state index contributed by atoms with van der Waals surface area (Å²) in [5, 5.41) is 11.1. The largest absolute Gasteiger partial charge is 0.484 e. The highest BCUT2D eigenvalue weighted by Gasteiger charge is 2.35. The van der Waals surface area contributed by atoms with E-state index in [2.05, 4.69) is 15.5 Å². The quantitative estimate of drug-likeness (QED) is 0.376. The average Bonchev–Trinajstić information content (AvgIpc) is 3.52. The van der Waals surface area contributed by atoms with Crippen LogP contribution >= 0.6 is 0 Å². The van der Waals surface area contributed by atoms with E-state index >= 15 is 0 Å². The normalized spacial score (nSPS) is 15.2. The van der Waals surface area contributed by atoms with Gasteiger partial charge in [-0.3, -0.25) is 9.59 Å². The fraction of sp³-hybridized carbons (Fsp3) is 0.241. The summed E-state index contributed by atoms with van der Waals surface area (Å²) in [4.78, 5) is 27.1. The lowest BCUT2D eigenvalue weighted by Gasteiger charge is -2.18. The molecule has 1 saturated heterocycles. The molecule has 0 radical (unpaired) electrons. The van der Waals surface area contributed by atoms with Gasteiger partial charge in [0.2, 0.25) is 17.7 Å². The molecule has 8 heteroatoms. The van der Waals surface area contributed by atoms with Gasteiger partial charge >= 0.3 is 0 Å². The molecule has 1 aromatic heterocycles. The Morgan fingerprint density at radius 2 is 1.78 bits per heavy atom. The van der Waals surface area contributed by atoms with E-state index in [-0.39, 0.29) is 24.8 Å². The molecule has 1 N–H and O–H groups in total. The fourth-order valence-electron chi connectivity index (χ4n) is 4.28. The molecule has 0 spiro atoms. The zero-order valence-corrected chi connectivity index (χ0v) is 21.0. The number of anilines is 2. The van der Waals surface area contributed by atoms with E-state index in [1.807, 2.05) is 63.2 Å². The molecule has 1 aliphatic rings. The first-order valence-electron chi connectivity index (χ1n) is 12.2. The molecule has 0 aliphatic carbocycles. The SMILES string of the molecule is Cc1ccc(N2C[C@@H](C(=O)Nc3ccc(OCc4nnc(-c5ccccc5C)o4)cc3)CC2=O)cc1C. The number of amides is 2. The Bertz CT molecular complexity index is 1440. The summed E-state index contributed by atoms with van der Waals surface area (Å²) in [6.45, 7) is 6.53. The Hall–Kier alpha value is -4.46. The summed E-state index contributed by atoms with van der Waals surface area (Å²) in [6.07, 6.45) is 0.189. The van der Waals surface area contributed by atoms with Crippen molar-refractivity contribution in [2.45, 2.75) is 33.8 Å². The van der Waals surface area contributed by atoms with Gasteiger partial charge < -0.3 is 19.4 Å². The molecule has 8 nitrogen and oxygen atoms in total. The minimum absolute atomic E-state index is 0.0428. The minimum Gasteiger partial charge on any atom is -0.484 e. The predicted octanol–water partition coefficient (Wildman–Crippen LogP) is 5.23. The molecule has 3 aromatic carbocycles. The minimum atomic E-state index is -0.412. The first kappa shape index (κ1) is 24.2. The van der Waals surface area contributed by atoms with Gasteiger partial charge in [0.05, 0.1) is 5.92 Å². The second kappa shape index (κ2) is 10.3. The van der Waals surface area contributed by atoms with Gasteiger partial charge in [-0.05, 0) is 79.9 Å². The Labute approximate surface area is 215 Å². The maximum absolute atomic E-state index is 12.8. The van der Waals surface area contributed by atoms with Crippen molar-refractivity contribution in [3.05, 3.63) is 89.3 Å². The first-order chi connectivity index (χ1) is 17.9. The number of ether oxygens (including phenoxy) is 1. The number of carbonyl (C=O) groups is 2. The van der Waals surface area contributed by atoms with Crippen LogP contribution in [0.5, 0.6) is 5.75 Å². The number of benzene rings is 3. The molecule has 2 heterocycles. The summed E-state index contributed by atoms with van der Waals surface area (Å²) < 4.78 is 11.5. The third-order valence-electron chi connectivity index (χ3n) is 6.62. The number of aromatic nitrogens is 2. The lowest BCUT2D eigenvalue weighted by molar-refractivity contribution is -0.122. The first-order valence-corrected chi connectivity index (χ1v) is 12.2. The second-order valence-electron chi connectivity index (χ2n) is 9.29. The van der Waals surface area contributed by atoms with E-state index < -0.39 is 5.92 Å². The number of nitrogens with one attached hydrogen (secondary N) is 1. The van der Waals surface area contributed by atoms with Gasteiger partial charge in [0.15, 0.2) is 6.61 Å². The number of rotatable bonds is 7. The lowest BCUT2D eigenvalue weighted by atomic mass is 10.1. The molecule has 37 heavy (non-hydrogen) atoms. The monoisotopic (exact) mass is 496 g/mol. The van der Waals surface area contributed by atoms with E-state index in [1.165, 1.54) is 5.56 Å². The van der Waals surface area contributed by atoms with E-state index in [9.17, 15) is 9.59 Å². The summed E-state index contributed by atoms with van der Waals surface area (Å²) in [6, 6.07) is 20.8. The maximum atomic E-state index is 12.8. The number of carbonyl (C=O) groups excluding carboxylic acids is 2. The molecule has 0 unspecified atom stereocenters. The molecule has 0 bridgehead atoms. The van der Waals surface area contributed by atoms with Crippen molar-refractivity contribution in [1.29, 1.82) is 0 Å². The van der Waals surface area contributed by atoms with Crippen LogP contribution in [0.3, 0.4) is 0 Å². The third-order valence-corrected chi connectivity index (χ3v) is 6.62. The van der Waals surface area contributed by atoms with Crippen molar-refractivity contribution in [3.63, 3.8) is 0 Å². The molecule has 4 aromatic rings. The van der Waals surface area contributed by atoms with Gasteiger partial charge in [0.25, 0.3) is 5.89 Å². The van der Waals surface area contributed by atoms with Crippen LogP contribution in [0.2, 0.25) is 0 Å². The van der Waals surface area contributed by atoms with Gasteiger partial charge in [-0.15, -0.1) is 10.2 Å². The molecule has 1 aliphatic heterocycles. The van der Waals surface area contributed by atoms with Gasteiger partial charge in [-0.2, -0.15) is 0 Å². The molecule has 1 atom stereocenters. The summed E-state index contributed by atoms with van der Waals surface area (Å²) >= 11 is 0. The molecule has 0 saturated carbocycles. The maximum Gasteiger partial charge on any atom is 0.254 e. The van der Waals surface area contributed by atoms with Crippen LogP contribution in [0.25, 0.3) is 11.5 Å². The summed E-state index contributed by atoms with van der Waals surface area (Å²) in [5.41, 5.74) is 5.69. The van der Waals surface area contributed by atoms with Crippen LogP contribution in [0.15, 0.2) is 71.1 Å². The fourth-order valence-corrected chi connectivity index (χ4v) is 4.28. The van der Waals surface area contributed by atoms with Crippen LogP contribution in [-0.4, -0.2) is 28.6 Å². The number of aryl methyl sites for hydroxylation is 3. The lowest BCUT2D eigenvalue weighted by Crippen LogP contribution is -2.28. The Balaban J connectivity index is 1.15. The highest BCUT2D eigenvalue weighted by Crippen LogP contribution is 2.28. The van der Waals surface area contributed by atoms with E-state index in [0.29, 0.717) is 29.8 Å². The molecular weight excluding hydrogens is 468 g/mol. The van der Waals surface area contributed by atoms with Crippen LogP contribution < -0.4 is 15.0 Å². The van der Waals surface area contributed by atoms with Crippen molar-refractivity contribution in [2.75, 3.05) is 16.8 Å². The second-order valence-corrected chi connectivity index (χ2v) is 9.29. The van der Waals surface area contributed by atoms with Crippen molar-refractivity contribution in [1.82, 2.24) is 10.2 Å². The van der Waals surface area contributed by atoms with Gasteiger partial charge in [-0.25, -0.2) is 0 Å². The third kappa shape index (κ3) is 5.38. The highest BCUT2D eigenvalue weighted by molar-refractivity contribution is 6.03. The van der Waals surface area contributed by atoms with Crippen LogP contribution in [0, 0.1) is 26.7 Å².